The van der Waals surface area contributed by atoms with E-state index in [2.05, 4.69) is 0 Å². The molecule has 0 aliphatic carbocycles. The molecule has 1 aromatic heterocycles. The van der Waals surface area contributed by atoms with Crippen LogP contribution < -0.4 is 9.86 Å². The van der Waals surface area contributed by atoms with Crippen LogP contribution in [0.5, 0.6) is 0 Å². The number of sulfonamides is 1. The van der Waals surface area contributed by atoms with Gasteiger partial charge in [0.1, 0.15) is 5.69 Å². The second-order valence-electron chi connectivity index (χ2n) is 10.0. The van der Waals surface area contributed by atoms with Gasteiger partial charge in [-0.1, -0.05) is 29.8 Å². The number of esters is 1. The SMILES string of the molecule is Cc1c(N(C)S(=O)(=O)c2ccc(Cl)c(C(=O)OCC(=O)N3C(C)CCCC3C)c2)c(=O)n(-c2ccccc2)n1C. The van der Waals surface area contributed by atoms with Crippen LogP contribution >= 0.6 is 11.6 Å². The lowest BCUT2D eigenvalue weighted by molar-refractivity contribution is -0.140. The van der Waals surface area contributed by atoms with Crippen LogP contribution in [0.3, 0.4) is 0 Å². The van der Waals surface area contributed by atoms with Gasteiger partial charge in [-0.05, 0) is 70.4 Å². The highest BCUT2D eigenvalue weighted by Crippen LogP contribution is 2.28. The van der Waals surface area contributed by atoms with Crippen molar-refractivity contribution in [1.29, 1.82) is 0 Å². The van der Waals surface area contributed by atoms with Crippen molar-refractivity contribution in [3.05, 3.63) is 75.2 Å². The van der Waals surface area contributed by atoms with E-state index in [1.54, 1.807) is 47.8 Å². The zero-order chi connectivity index (χ0) is 29.4. The third kappa shape index (κ3) is 5.40. The number of halogens is 1. The predicted octanol–water partition coefficient (Wildman–Crippen LogP) is 3.91. The molecule has 0 radical (unpaired) electrons. The molecule has 12 heteroatoms. The van der Waals surface area contributed by atoms with Crippen molar-refractivity contribution in [3.63, 3.8) is 0 Å². The van der Waals surface area contributed by atoms with Gasteiger partial charge in [-0.25, -0.2) is 17.9 Å². The Kier molecular flexibility index (Phi) is 8.46. The van der Waals surface area contributed by atoms with Crippen molar-refractivity contribution < 1.29 is 22.7 Å². The first kappa shape index (κ1) is 29.4. The molecule has 1 saturated heterocycles. The van der Waals surface area contributed by atoms with E-state index in [9.17, 15) is 22.8 Å². The Balaban J connectivity index is 1.60. The Hall–Kier alpha value is -3.57. The van der Waals surface area contributed by atoms with E-state index >= 15 is 0 Å². The van der Waals surface area contributed by atoms with Crippen LogP contribution in [0.1, 0.15) is 49.2 Å². The summed E-state index contributed by atoms with van der Waals surface area (Å²) in [6, 6.07) is 12.6. The fourth-order valence-electron chi connectivity index (χ4n) is 5.21. The lowest BCUT2D eigenvalue weighted by atomic mass is 9.97. The third-order valence-electron chi connectivity index (χ3n) is 7.46. The summed E-state index contributed by atoms with van der Waals surface area (Å²) in [7, 11) is -1.35. The van der Waals surface area contributed by atoms with Crippen molar-refractivity contribution in [2.45, 2.75) is 57.0 Å². The Morgan fingerprint density at radius 2 is 1.70 bits per heavy atom. The number of rotatable bonds is 7. The van der Waals surface area contributed by atoms with Crippen molar-refractivity contribution in [2.24, 2.45) is 7.05 Å². The van der Waals surface area contributed by atoms with Gasteiger partial charge in [-0.2, -0.15) is 0 Å². The highest BCUT2D eigenvalue weighted by atomic mass is 35.5. The first-order valence-corrected chi connectivity index (χ1v) is 14.8. The molecule has 40 heavy (non-hydrogen) atoms. The number of piperidine rings is 1. The van der Waals surface area contributed by atoms with Crippen LogP contribution in [0.15, 0.2) is 58.2 Å². The molecule has 214 valence electrons. The molecule has 0 saturated carbocycles. The van der Waals surface area contributed by atoms with Gasteiger partial charge in [0.05, 0.1) is 26.9 Å². The third-order valence-corrected chi connectivity index (χ3v) is 9.55. The van der Waals surface area contributed by atoms with E-state index in [4.69, 9.17) is 16.3 Å². The number of carbonyl (C=O) groups excluding carboxylic acids is 2. The van der Waals surface area contributed by atoms with E-state index in [-0.39, 0.29) is 39.2 Å². The average Bonchev–Trinajstić information content (AvgIpc) is 3.14. The summed E-state index contributed by atoms with van der Waals surface area (Å²) in [6.07, 6.45) is 2.78. The molecular formula is C28H33ClN4O6S. The zero-order valence-corrected chi connectivity index (χ0v) is 24.7. The van der Waals surface area contributed by atoms with Crippen LogP contribution in [-0.4, -0.2) is 60.3 Å². The number of likely N-dealkylation sites (tertiary alicyclic amines) is 1. The number of hydrogen-bond donors (Lipinski definition) is 0. The van der Waals surface area contributed by atoms with E-state index in [0.717, 1.165) is 29.6 Å². The zero-order valence-electron chi connectivity index (χ0n) is 23.1. The van der Waals surface area contributed by atoms with Gasteiger partial charge in [-0.15, -0.1) is 0 Å². The number of para-hydroxylation sites is 1. The van der Waals surface area contributed by atoms with Gasteiger partial charge >= 0.3 is 5.97 Å². The van der Waals surface area contributed by atoms with Crippen LogP contribution in [0.4, 0.5) is 5.69 Å². The van der Waals surface area contributed by atoms with Crippen LogP contribution in [-0.2, 0) is 26.6 Å². The van der Waals surface area contributed by atoms with Crippen molar-refractivity contribution in [3.8, 4) is 5.69 Å². The summed E-state index contributed by atoms with van der Waals surface area (Å²) < 4.78 is 36.4. The summed E-state index contributed by atoms with van der Waals surface area (Å²) >= 11 is 6.23. The molecule has 2 aromatic carbocycles. The maximum atomic E-state index is 13.6. The normalized spacial score (nSPS) is 17.5. The molecule has 3 aromatic rings. The molecule has 0 spiro atoms. The molecule has 0 N–H and O–H groups in total. The minimum absolute atomic E-state index is 0.0268. The summed E-state index contributed by atoms with van der Waals surface area (Å²) in [5, 5.41) is -0.0268. The molecule has 10 nitrogen and oxygen atoms in total. The van der Waals surface area contributed by atoms with Gasteiger partial charge < -0.3 is 9.64 Å². The first-order valence-electron chi connectivity index (χ1n) is 13.0. The molecule has 2 atom stereocenters. The van der Waals surface area contributed by atoms with Gasteiger partial charge in [-0.3, -0.25) is 18.6 Å². The molecule has 4 rings (SSSR count). The van der Waals surface area contributed by atoms with E-state index in [1.165, 1.54) is 23.9 Å². The van der Waals surface area contributed by atoms with Gasteiger partial charge in [0.2, 0.25) is 0 Å². The van der Waals surface area contributed by atoms with Crippen LogP contribution in [0.2, 0.25) is 5.02 Å². The second-order valence-corrected chi connectivity index (χ2v) is 12.4. The fraction of sp³-hybridized carbons (Fsp3) is 0.393. The van der Waals surface area contributed by atoms with E-state index in [1.807, 2.05) is 19.9 Å². The van der Waals surface area contributed by atoms with Crippen molar-refractivity contribution >= 4 is 39.2 Å². The summed E-state index contributed by atoms with van der Waals surface area (Å²) in [5.74, 6) is -1.24. The van der Waals surface area contributed by atoms with Crippen molar-refractivity contribution in [2.75, 3.05) is 18.0 Å². The second kappa shape index (κ2) is 11.5. The molecule has 2 unspecified atom stereocenters. The Labute approximate surface area is 238 Å². The number of nitrogens with zero attached hydrogens (tertiary/aromatic N) is 4. The van der Waals surface area contributed by atoms with Crippen LogP contribution in [0, 0.1) is 6.92 Å². The largest absolute Gasteiger partial charge is 0.452 e. The molecule has 1 aliphatic rings. The quantitative estimate of drug-likeness (QED) is 0.387. The number of ether oxygens (including phenoxy) is 1. The number of amides is 1. The van der Waals surface area contributed by atoms with E-state index in [0.29, 0.717) is 11.4 Å². The monoisotopic (exact) mass is 588 g/mol. The summed E-state index contributed by atoms with van der Waals surface area (Å²) in [4.78, 5) is 40.5. The standard InChI is InChI=1S/C28H33ClN4O6S/c1-18-10-9-11-19(2)32(18)25(34)17-39-28(36)23-16-22(14-15-24(23)29)40(37,38)31(5)26-20(3)30(4)33(27(26)35)21-12-7-6-8-13-21/h6-8,12-16,18-19H,9-11,17H2,1-5H3. The predicted molar refractivity (Wildman–Crippen MR) is 153 cm³/mol. The van der Waals surface area contributed by atoms with Crippen molar-refractivity contribution in [1.82, 2.24) is 14.3 Å². The molecular weight excluding hydrogens is 556 g/mol. The lowest BCUT2D eigenvalue weighted by Gasteiger charge is -2.38. The number of hydrogen-bond acceptors (Lipinski definition) is 6. The lowest BCUT2D eigenvalue weighted by Crippen LogP contribution is -2.49. The van der Waals surface area contributed by atoms with E-state index < -0.39 is 28.2 Å². The minimum Gasteiger partial charge on any atom is -0.452 e. The first-order chi connectivity index (χ1) is 18.9. The summed E-state index contributed by atoms with van der Waals surface area (Å²) in [5.41, 5.74) is 0.240. The minimum atomic E-state index is -4.29. The Bertz CT molecular complexity index is 1590. The topological polar surface area (TPSA) is 111 Å². The molecule has 1 fully saturated rings. The Morgan fingerprint density at radius 1 is 1.07 bits per heavy atom. The van der Waals surface area contributed by atoms with Gasteiger partial charge in [0.15, 0.2) is 6.61 Å². The fourth-order valence-corrected chi connectivity index (χ4v) is 6.68. The molecule has 0 bridgehead atoms. The summed E-state index contributed by atoms with van der Waals surface area (Å²) in [6.45, 7) is 5.08. The molecule has 1 amide bonds. The highest BCUT2D eigenvalue weighted by molar-refractivity contribution is 7.92. The molecule has 2 heterocycles. The molecule has 1 aliphatic heterocycles. The smallest absolute Gasteiger partial charge is 0.340 e. The maximum Gasteiger partial charge on any atom is 0.340 e. The number of benzene rings is 2. The average molecular weight is 589 g/mol. The number of aromatic nitrogens is 2. The Morgan fingerprint density at radius 3 is 2.33 bits per heavy atom. The highest BCUT2D eigenvalue weighted by Gasteiger charge is 2.31. The number of carbonyl (C=O) groups is 2. The maximum absolute atomic E-state index is 13.6. The van der Waals surface area contributed by atoms with Crippen LogP contribution in [0.25, 0.3) is 5.69 Å². The van der Waals surface area contributed by atoms with Gasteiger partial charge in [0.25, 0.3) is 21.5 Å². The van der Waals surface area contributed by atoms with Gasteiger partial charge in [0, 0.05) is 26.2 Å². The number of anilines is 1.